The second-order valence-corrected chi connectivity index (χ2v) is 10.0. The third-order valence-electron chi connectivity index (χ3n) is 4.89. The summed E-state index contributed by atoms with van der Waals surface area (Å²) >= 11 is 0. The predicted octanol–water partition coefficient (Wildman–Crippen LogP) is -0.958. The SMILES string of the molecule is CC(C)CC(NC(=O)[C@H](CO)NC(=O)c1ccc(S(C)(=O)=O)cc1)C(=O)C1(CO)CO1. The standard InChI is InChI=1S/C20H28N2O8S/c1-12(2)8-15(17(25)20(10-24)11-30-20)21-19(27)16(9-23)22-18(26)13-4-6-14(7-5-13)31(3,28)29/h4-7,12,15-16,23-24H,8-11H2,1-3H3,(H,21,27)(H,22,26)/t15?,16-,20?/m0/s1. The van der Waals surface area contributed by atoms with Crippen LogP contribution < -0.4 is 10.6 Å². The molecule has 1 fully saturated rings. The van der Waals surface area contributed by atoms with Crippen LogP contribution in [-0.2, 0) is 24.2 Å². The fraction of sp³-hybridized carbons (Fsp3) is 0.550. The summed E-state index contributed by atoms with van der Waals surface area (Å²) in [5.41, 5.74) is -1.22. The molecule has 0 saturated carbocycles. The number of hydrogen-bond donors (Lipinski definition) is 4. The number of nitrogens with one attached hydrogen (secondary N) is 2. The van der Waals surface area contributed by atoms with Crippen molar-refractivity contribution < 1.29 is 37.8 Å². The highest BCUT2D eigenvalue weighted by molar-refractivity contribution is 7.90. The number of amides is 2. The van der Waals surface area contributed by atoms with Crippen molar-refractivity contribution in [1.82, 2.24) is 10.6 Å². The Morgan fingerprint density at radius 3 is 2.10 bits per heavy atom. The molecule has 0 radical (unpaired) electrons. The van der Waals surface area contributed by atoms with Crippen LogP contribution in [0.25, 0.3) is 0 Å². The molecule has 3 atom stereocenters. The van der Waals surface area contributed by atoms with Crippen molar-refractivity contribution in [1.29, 1.82) is 0 Å². The first kappa shape index (κ1) is 24.9. The lowest BCUT2D eigenvalue weighted by Crippen LogP contribution is -2.55. The van der Waals surface area contributed by atoms with E-state index in [9.17, 15) is 33.0 Å². The summed E-state index contributed by atoms with van der Waals surface area (Å²) in [7, 11) is -3.42. The fourth-order valence-electron chi connectivity index (χ4n) is 2.98. The lowest BCUT2D eigenvalue weighted by molar-refractivity contribution is -0.133. The molecule has 2 amide bonds. The van der Waals surface area contributed by atoms with Gasteiger partial charge in [0.2, 0.25) is 5.91 Å². The summed E-state index contributed by atoms with van der Waals surface area (Å²) < 4.78 is 28.1. The van der Waals surface area contributed by atoms with Gasteiger partial charge in [-0.15, -0.1) is 0 Å². The van der Waals surface area contributed by atoms with Crippen LogP contribution in [0, 0.1) is 5.92 Å². The van der Waals surface area contributed by atoms with E-state index in [-0.39, 0.29) is 29.4 Å². The van der Waals surface area contributed by atoms with Gasteiger partial charge >= 0.3 is 0 Å². The van der Waals surface area contributed by atoms with Gasteiger partial charge in [0.25, 0.3) is 5.91 Å². The molecule has 10 nitrogen and oxygen atoms in total. The topological polar surface area (TPSA) is 162 Å². The van der Waals surface area contributed by atoms with E-state index in [1.54, 1.807) is 0 Å². The lowest BCUT2D eigenvalue weighted by atomic mass is 9.92. The Morgan fingerprint density at radius 2 is 1.68 bits per heavy atom. The zero-order chi connectivity index (χ0) is 23.4. The van der Waals surface area contributed by atoms with Gasteiger partial charge in [0, 0.05) is 11.8 Å². The van der Waals surface area contributed by atoms with Crippen LogP contribution in [-0.4, -0.2) is 80.0 Å². The van der Waals surface area contributed by atoms with Crippen molar-refractivity contribution in [2.75, 3.05) is 26.1 Å². The summed E-state index contributed by atoms with van der Waals surface area (Å²) in [6, 6.07) is 2.81. The Kier molecular flexibility index (Phi) is 7.93. The molecule has 172 valence electrons. The maximum Gasteiger partial charge on any atom is 0.251 e. The number of aliphatic hydroxyl groups is 2. The van der Waals surface area contributed by atoms with E-state index in [0.717, 1.165) is 6.26 Å². The highest BCUT2D eigenvalue weighted by Crippen LogP contribution is 2.30. The molecule has 1 heterocycles. The molecule has 2 unspecified atom stereocenters. The molecular weight excluding hydrogens is 428 g/mol. The Balaban J connectivity index is 2.08. The van der Waals surface area contributed by atoms with Crippen molar-refractivity contribution in [3.8, 4) is 0 Å². The van der Waals surface area contributed by atoms with Crippen LogP contribution in [0.1, 0.15) is 30.6 Å². The molecular formula is C20H28N2O8S. The maximum atomic E-state index is 12.7. The van der Waals surface area contributed by atoms with Crippen LogP contribution in [0.4, 0.5) is 0 Å². The number of benzene rings is 1. The molecule has 1 aromatic carbocycles. The fourth-order valence-corrected chi connectivity index (χ4v) is 3.61. The minimum absolute atomic E-state index is 0.0376. The average Bonchev–Trinajstić information content (AvgIpc) is 3.51. The molecule has 2 rings (SSSR count). The summed E-state index contributed by atoms with van der Waals surface area (Å²) in [5.74, 6) is -1.88. The number of rotatable bonds is 11. The van der Waals surface area contributed by atoms with E-state index in [1.165, 1.54) is 24.3 Å². The van der Waals surface area contributed by atoms with Crippen LogP contribution >= 0.6 is 0 Å². The minimum atomic E-state index is -3.42. The maximum absolute atomic E-state index is 12.7. The number of Topliss-reactive ketones (excluding diaryl/α,β-unsaturated/α-hetero) is 1. The van der Waals surface area contributed by atoms with Crippen LogP contribution in [0.2, 0.25) is 0 Å². The quantitative estimate of drug-likeness (QED) is 0.310. The third kappa shape index (κ3) is 6.33. The van der Waals surface area contributed by atoms with Crippen molar-refractivity contribution in [3.05, 3.63) is 29.8 Å². The summed E-state index contributed by atoms with van der Waals surface area (Å²) in [6.45, 7) is 2.56. The molecule has 0 aromatic heterocycles. The van der Waals surface area contributed by atoms with Gasteiger partial charge in [0.05, 0.1) is 30.8 Å². The van der Waals surface area contributed by atoms with Gasteiger partial charge in [-0.3, -0.25) is 14.4 Å². The molecule has 31 heavy (non-hydrogen) atoms. The van der Waals surface area contributed by atoms with Gasteiger partial charge in [0.15, 0.2) is 21.2 Å². The zero-order valence-electron chi connectivity index (χ0n) is 17.6. The zero-order valence-corrected chi connectivity index (χ0v) is 18.4. The van der Waals surface area contributed by atoms with Gasteiger partial charge in [-0.2, -0.15) is 0 Å². The van der Waals surface area contributed by atoms with Crippen molar-refractivity contribution >= 4 is 27.4 Å². The van der Waals surface area contributed by atoms with E-state index in [1.807, 2.05) is 13.8 Å². The van der Waals surface area contributed by atoms with E-state index >= 15 is 0 Å². The van der Waals surface area contributed by atoms with Crippen LogP contribution in [0.3, 0.4) is 0 Å². The van der Waals surface area contributed by atoms with Gasteiger partial charge in [-0.1, -0.05) is 13.8 Å². The number of aliphatic hydroxyl groups excluding tert-OH is 2. The molecule has 1 aromatic rings. The third-order valence-corrected chi connectivity index (χ3v) is 6.01. The number of ether oxygens (including phenoxy) is 1. The number of epoxide rings is 1. The number of carbonyl (C=O) groups excluding carboxylic acids is 3. The predicted molar refractivity (Wildman–Crippen MR) is 110 cm³/mol. The first-order valence-electron chi connectivity index (χ1n) is 9.75. The van der Waals surface area contributed by atoms with Gasteiger partial charge in [-0.25, -0.2) is 8.42 Å². The Morgan fingerprint density at radius 1 is 1.10 bits per heavy atom. The van der Waals surface area contributed by atoms with Crippen molar-refractivity contribution in [3.63, 3.8) is 0 Å². The molecule has 0 spiro atoms. The first-order valence-corrected chi connectivity index (χ1v) is 11.6. The van der Waals surface area contributed by atoms with E-state index in [0.29, 0.717) is 0 Å². The summed E-state index contributed by atoms with van der Waals surface area (Å²) in [5, 5.41) is 23.9. The monoisotopic (exact) mass is 456 g/mol. The number of carbonyl (C=O) groups is 3. The average molecular weight is 457 g/mol. The first-order chi connectivity index (χ1) is 14.4. The number of hydrogen-bond acceptors (Lipinski definition) is 8. The molecule has 0 bridgehead atoms. The highest BCUT2D eigenvalue weighted by atomic mass is 32.2. The largest absolute Gasteiger partial charge is 0.394 e. The van der Waals surface area contributed by atoms with E-state index in [2.05, 4.69) is 10.6 Å². The highest BCUT2D eigenvalue weighted by Gasteiger charge is 2.54. The Hall–Kier alpha value is -2.34. The second kappa shape index (κ2) is 9.86. The van der Waals surface area contributed by atoms with Gasteiger partial charge in [-0.05, 0) is 36.6 Å². The Labute approximate surface area is 180 Å². The van der Waals surface area contributed by atoms with Crippen molar-refractivity contribution in [2.45, 2.75) is 42.8 Å². The normalized spacial score (nSPS) is 20.1. The molecule has 4 N–H and O–H groups in total. The molecule has 1 aliphatic rings. The molecule has 1 saturated heterocycles. The van der Waals surface area contributed by atoms with Gasteiger partial charge < -0.3 is 25.6 Å². The molecule has 11 heteroatoms. The minimum Gasteiger partial charge on any atom is -0.394 e. The Bertz CT molecular complexity index is 923. The second-order valence-electron chi connectivity index (χ2n) is 8.00. The van der Waals surface area contributed by atoms with Gasteiger partial charge in [0.1, 0.15) is 6.04 Å². The van der Waals surface area contributed by atoms with Crippen LogP contribution in [0.15, 0.2) is 29.2 Å². The smallest absolute Gasteiger partial charge is 0.251 e. The molecule has 1 aliphatic heterocycles. The van der Waals surface area contributed by atoms with Crippen molar-refractivity contribution in [2.24, 2.45) is 5.92 Å². The molecule has 0 aliphatic carbocycles. The van der Waals surface area contributed by atoms with Crippen LogP contribution in [0.5, 0.6) is 0 Å². The summed E-state index contributed by atoms with van der Waals surface area (Å²) in [4.78, 5) is 37.8. The van der Waals surface area contributed by atoms with E-state index < -0.39 is 58.3 Å². The number of ketones is 1. The summed E-state index contributed by atoms with van der Waals surface area (Å²) in [6.07, 6.45) is 1.32. The van der Waals surface area contributed by atoms with E-state index in [4.69, 9.17) is 4.74 Å². The lowest BCUT2D eigenvalue weighted by Gasteiger charge is -2.24. The number of sulfone groups is 1.